The molecule has 1 heterocycles. The maximum atomic E-state index is 5.30. The standard InChI is InChI=1S/C13H29N3O/c1-4-6-14-13(12-17-3)11-16-8-5-7-15(2)9-10-16/h13-14H,4-12H2,1-3H3. The minimum atomic E-state index is 0.475. The van der Waals surface area contributed by atoms with Crippen LogP contribution in [-0.4, -0.2) is 75.9 Å². The molecule has 0 bridgehead atoms. The molecule has 1 fully saturated rings. The topological polar surface area (TPSA) is 27.7 Å². The Labute approximate surface area is 106 Å². The van der Waals surface area contributed by atoms with Gasteiger partial charge in [-0.3, -0.25) is 0 Å². The number of hydrogen-bond acceptors (Lipinski definition) is 4. The van der Waals surface area contributed by atoms with Crippen LogP contribution in [0.3, 0.4) is 0 Å². The van der Waals surface area contributed by atoms with Crippen LogP contribution < -0.4 is 5.32 Å². The molecule has 0 aliphatic carbocycles. The fourth-order valence-corrected chi connectivity index (χ4v) is 2.32. The van der Waals surface area contributed by atoms with Crippen LogP contribution in [0.1, 0.15) is 19.8 Å². The number of rotatable bonds is 7. The zero-order valence-corrected chi connectivity index (χ0v) is 11.7. The van der Waals surface area contributed by atoms with E-state index in [1.807, 2.05) is 0 Å². The molecule has 4 nitrogen and oxygen atoms in total. The van der Waals surface area contributed by atoms with Crippen LogP contribution in [-0.2, 0) is 4.74 Å². The summed E-state index contributed by atoms with van der Waals surface area (Å²) in [5, 5.41) is 3.57. The summed E-state index contributed by atoms with van der Waals surface area (Å²) in [5.41, 5.74) is 0. The monoisotopic (exact) mass is 243 g/mol. The Morgan fingerprint density at radius 2 is 2.06 bits per heavy atom. The van der Waals surface area contributed by atoms with Gasteiger partial charge in [-0.25, -0.2) is 0 Å². The second-order valence-corrected chi connectivity index (χ2v) is 5.06. The van der Waals surface area contributed by atoms with Gasteiger partial charge in [0, 0.05) is 32.8 Å². The Morgan fingerprint density at radius 3 is 2.76 bits per heavy atom. The number of ether oxygens (including phenoxy) is 1. The summed E-state index contributed by atoms with van der Waals surface area (Å²) in [6, 6.07) is 0.475. The molecule has 1 rings (SSSR count). The normalized spacial score (nSPS) is 21.4. The molecule has 1 unspecified atom stereocenters. The fraction of sp³-hybridized carbons (Fsp3) is 1.00. The van der Waals surface area contributed by atoms with Gasteiger partial charge in [-0.1, -0.05) is 6.92 Å². The quantitative estimate of drug-likeness (QED) is 0.710. The molecule has 0 radical (unpaired) electrons. The summed E-state index contributed by atoms with van der Waals surface area (Å²) < 4.78 is 5.30. The first-order chi connectivity index (χ1) is 8.26. The van der Waals surface area contributed by atoms with Gasteiger partial charge in [0.25, 0.3) is 0 Å². The summed E-state index contributed by atoms with van der Waals surface area (Å²) >= 11 is 0. The Bertz CT molecular complexity index is 188. The van der Waals surface area contributed by atoms with Crippen LogP contribution in [0.5, 0.6) is 0 Å². The van der Waals surface area contributed by atoms with E-state index in [-0.39, 0.29) is 0 Å². The molecule has 0 amide bonds. The highest BCUT2D eigenvalue weighted by Gasteiger charge is 2.16. The molecule has 102 valence electrons. The molecule has 1 aliphatic heterocycles. The highest BCUT2D eigenvalue weighted by Crippen LogP contribution is 2.02. The molecular formula is C13H29N3O. The first-order valence-corrected chi connectivity index (χ1v) is 6.89. The zero-order chi connectivity index (χ0) is 12.5. The SMILES string of the molecule is CCCNC(COC)CN1CCCN(C)CC1. The van der Waals surface area contributed by atoms with Gasteiger partial charge >= 0.3 is 0 Å². The molecule has 1 aliphatic rings. The maximum absolute atomic E-state index is 5.30. The van der Waals surface area contributed by atoms with Gasteiger partial charge in [0.05, 0.1) is 6.61 Å². The Hall–Kier alpha value is -0.160. The number of methoxy groups -OCH3 is 1. The lowest BCUT2D eigenvalue weighted by molar-refractivity contribution is 0.139. The fourth-order valence-electron chi connectivity index (χ4n) is 2.32. The van der Waals surface area contributed by atoms with E-state index in [1.165, 1.54) is 39.0 Å². The van der Waals surface area contributed by atoms with Crippen molar-refractivity contribution in [2.24, 2.45) is 0 Å². The van der Waals surface area contributed by atoms with E-state index in [1.54, 1.807) is 7.11 Å². The lowest BCUT2D eigenvalue weighted by atomic mass is 10.2. The van der Waals surface area contributed by atoms with E-state index in [4.69, 9.17) is 4.74 Å². The molecule has 1 saturated heterocycles. The van der Waals surface area contributed by atoms with Crippen LogP contribution in [0, 0.1) is 0 Å². The average molecular weight is 243 g/mol. The third kappa shape index (κ3) is 6.36. The summed E-state index contributed by atoms with van der Waals surface area (Å²) in [7, 11) is 4.00. The van der Waals surface area contributed by atoms with Gasteiger partial charge in [-0.2, -0.15) is 0 Å². The molecule has 4 heteroatoms. The average Bonchev–Trinajstić information content (AvgIpc) is 2.52. The predicted octanol–water partition coefficient (Wildman–Crippen LogP) is 0.639. The summed E-state index contributed by atoms with van der Waals surface area (Å²) in [6.45, 7) is 10.0. The van der Waals surface area contributed by atoms with Crippen LogP contribution in [0.2, 0.25) is 0 Å². The van der Waals surface area contributed by atoms with E-state index in [9.17, 15) is 0 Å². The highest BCUT2D eigenvalue weighted by molar-refractivity contribution is 4.75. The van der Waals surface area contributed by atoms with Crippen molar-refractivity contribution in [3.05, 3.63) is 0 Å². The number of nitrogens with zero attached hydrogens (tertiary/aromatic N) is 2. The molecule has 0 aromatic carbocycles. The van der Waals surface area contributed by atoms with Crippen molar-refractivity contribution in [2.45, 2.75) is 25.8 Å². The Morgan fingerprint density at radius 1 is 1.24 bits per heavy atom. The zero-order valence-electron chi connectivity index (χ0n) is 11.7. The molecule has 0 aromatic rings. The van der Waals surface area contributed by atoms with E-state index >= 15 is 0 Å². The number of hydrogen-bond donors (Lipinski definition) is 1. The molecule has 0 aromatic heterocycles. The Kier molecular flexibility index (Phi) is 7.77. The minimum Gasteiger partial charge on any atom is -0.383 e. The van der Waals surface area contributed by atoms with Gasteiger partial charge in [0.15, 0.2) is 0 Å². The molecular weight excluding hydrogens is 214 g/mol. The first kappa shape index (κ1) is 14.9. The van der Waals surface area contributed by atoms with Crippen molar-refractivity contribution in [3.8, 4) is 0 Å². The van der Waals surface area contributed by atoms with Crippen LogP contribution in [0.15, 0.2) is 0 Å². The van der Waals surface area contributed by atoms with Crippen LogP contribution in [0.4, 0.5) is 0 Å². The molecule has 1 N–H and O–H groups in total. The maximum Gasteiger partial charge on any atom is 0.0628 e. The second-order valence-electron chi connectivity index (χ2n) is 5.06. The molecule has 17 heavy (non-hydrogen) atoms. The summed E-state index contributed by atoms with van der Waals surface area (Å²) in [6.07, 6.45) is 2.47. The predicted molar refractivity (Wildman–Crippen MR) is 72.5 cm³/mol. The molecule has 1 atom stereocenters. The van der Waals surface area contributed by atoms with Crippen molar-refractivity contribution in [2.75, 3.05) is 60.0 Å². The van der Waals surface area contributed by atoms with Crippen molar-refractivity contribution >= 4 is 0 Å². The minimum absolute atomic E-state index is 0.475. The van der Waals surface area contributed by atoms with Gasteiger partial charge in [-0.05, 0) is 39.5 Å². The lowest BCUT2D eigenvalue weighted by Gasteiger charge is -2.26. The van der Waals surface area contributed by atoms with Gasteiger partial charge in [0.1, 0.15) is 0 Å². The van der Waals surface area contributed by atoms with Crippen molar-refractivity contribution in [1.82, 2.24) is 15.1 Å². The first-order valence-electron chi connectivity index (χ1n) is 6.89. The van der Waals surface area contributed by atoms with Gasteiger partial charge < -0.3 is 19.9 Å². The van der Waals surface area contributed by atoms with E-state index in [0.29, 0.717) is 6.04 Å². The largest absolute Gasteiger partial charge is 0.383 e. The number of nitrogens with one attached hydrogen (secondary N) is 1. The summed E-state index contributed by atoms with van der Waals surface area (Å²) in [4.78, 5) is 4.99. The van der Waals surface area contributed by atoms with Crippen molar-refractivity contribution in [1.29, 1.82) is 0 Å². The number of likely N-dealkylation sites (N-methyl/N-ethyl adjacent to an activating group) is 1. The van der Waals surface area contributed by atoms with Gasteiger partial charge in [0.2, 0.25) is 0 Å². The van der Waals surface area contributed by atoms with Gasteiger partial charge in [-0.15, -0.1) is 0 Å². The highest BCUT2D eigenvalue weighted by atomic mass is 16.5. The molecule has 0 saturated carbocycles. The van der Waals surface area contributed by atoms with E-state index in [2.05, 4.69) is 29.1 Å². The van der Waals surface area contributed by atoms with Crippen molar-refractivity contribution in [3.63, 3.8) is 0 Å². The van der Waals surface area contributed by atoms with E-state index in [0.717, 1.165) is 19.7 Å². The third-order valence-electron chi connectivity index (χ3n) is 3.34. The van der Waals surface area contributed by atoms with Crippen molar-refractivity contribution < 1.29 is 4.74 Å². The van der Waals surface area contributed by atoms with E-state index < -0.39 is 0 Å². The Balaban J connectivity index is 2.31. The van der Waals surface area contributed by atoms with Crippen LogP contribution in [0.25, 0.3) is 0 Å². The van der Waals surface area contributed by atoms with Crippen LogP contribution >= 0.6 is 0 Å². The second kappa shape index (κ2) is 8.86. The third-order valence-corrected chi connectivity index (χ3v) is 3.34. The smallest absolute Gasteiger partial charge is 0.0628 e. The molecule has 0 spiro atoms. The lowest BCUT2D eigenvalue weighted by Crippen LogP contribution is -2.45. The summed E-state index contributed by atoms with van der Waals surface area (Å²) in [5.74, 6) is 0.